The van der Waals surface area contributed by atoms with Gasteiger partial charge >= 0.3 is 5.97 Å². The molecule has 3 N–H and O–H groups in total. The lowest BCUT2D eigenvalue weighted by Gasteiger charge is -2.10. The predicted molar refractivity (Wildman–Crippen MR) is 105 cm³/mol. The number of hydrogen-bond acceptors (Lipinski definition) is 5. The van der Waals surface area contributed by atoms with Gasteiger partial charge in [-0.25, -0.2) is 4.79 Å². The van der Waals surface area contributed by atoms with E-state index >= 15 is 0 Å². The first-order valence-electron chi connectivity index (χ1n) is 8.77. The van der Waals surface area contributed by atoms with Gasteiger partial charge in [0.05, 0.1) is 23.6 Å². The number of ether oxygens (including phenoxy) is 2. The molecule has 0 saturated heterocycles. The minimum atomic E-state index is -1.16. The number of benzene rings is 2. The van der Waals surface area contributed by atoms with E-state index in [1.807, 2.05) is 28.8 Å². The molecule has 0 aliphatic heterocycles. The van der Waals surface area contributed by atoms with Crippen LogP contribution in [0.4, 0.5) is 0 Å². The number of carboxylic acid groups (broad SMARTS) is 1. The molecule has 150 valence electrons. The van der Waals surface area contributed by atoms with Crippen molar-refractivity contribution in [3.8, 4) is 11.5 Å². The quantitative estimate of drug-likeness (QED) is 0.444. The lowest BCUT2D eigenvalue weighted by atomic mass is 10.1. The van der Waals surface area contributed by atoms with E-state index in [0.29, 0.717) is 28.9 Å². The molecule has 3 rings (SSSR count). The zero-order valence-corrected chi connectivity index (χ0v) is 16.0. The van der Waals surface area contributed by atoms with Crippen molar-refractivity contribution >= 4 is 28.6 Å². The van der Waals surface area contributed by atoms with Crippen LogP contribution in [-0.2, 0) is 16.1 Å². The molecule has 0 bridgehead atoms. The molecule has 0 fully saturated rings. The molecule has 0 aliphatic rings. The molecule has 8 nitrogen and oxygen atoms in total. The fourth-order valence-electron chi connectivity index (χ4n) is 3.31. The Balaban J connectivity index is 2.20. The van der Waals surface area contributed by atoms with Crippen LogP contribution in [0.3, 0.4) is 0 Å². The number of ketones is 1. The number of amides is 1. The van der Waals surface area contributed by atoms with Gasteiger partial charge in [0.1, 0.15) is 11.5 Å². The second kappa shape index (κ2) is 8.05. The number of methoxy groups -OCH3 is 1. The summed E-state index contributed by atoms with van der Waals surface area (Å²) in [4.78, 5) is 35.1. The van der Waals surface area contributed by atoms with Crippen molar-refractivity contribution in [1.29, 1.82) is 0 Å². The summed E-state index contributed by atoms with van der Waals surface area (Å²) in [6.07, 6.45) is 0. The van der Waals surface area contributed by atoms with Crippen LogP contribution in [0, 0.1) is 6.92 Å². The van der Waals surface area contributed by atoms with E-state index in [-0.39, 0.29) is 11.3 Å². The molecule has 1 heterocycles. The molecule has 2 aromatic carbocycles. The van der Waals surface area contributed by atoms with Crippen LogP contribution < -0.4 is 15.2 Å². The number of hydrogen-bond donors (Lipinski definition) is 2. The van der Waals surface area contributed by atoms with Gasteiger partial charge in [-0.2, -0.15) is 0 Å². The van der Waals surface area contributed by atoms with Gasteiger partial charge in [-0.15, -0.1) is 0 Å². The first-order chi connectivity index (χ1) is 13.8. The second-order valence-corrected chi connectivity index (χ2v) is 6.42. The third kappa shape index (κ3) is 3.91. The highest BCUT2D eigenvalue weighted by atomic mass is 16.5. The molecule has 0 saturated carbocycles. The first kappa shape index (κ1) is 19.9. The molecule has 1 amide bonds. The van der Waals surface area contributed by atoms with Crippen molar-refractivity contribution in [2.24, 2.45) is 5.73 Å². The highest BCUT2D eigenvalue weighted by Crippen LogP contribution is 2.34. The highest BCUT2D eigenvalue weighted by Gasteiger charge is 2.26. The van der Waals surface area contributed by atoms with Crippen molar-refractivity contribution in [1.82, 2.24) is 4.57 Å². The Morgan fingerprint density at radius 1 is 1.14 bits per heavy atom. The Hall–Kier alpha value is -3.81. The van der Waals surface area contributed by atoms with Gasteiger partial charge in [-0.3, -0.25) is 9.59 Å². The van der Waals surface area contributed by atoms with Crippen LogP contribution in [0.25, 0.3) is 10.9 Å². The summed E-state index contributed by atoms with van der Waals surface area (Å²) in [5.41, 5.74) is 7.42. The molecule has 29 heavy (non-hydrogen) atoms. The summed E-state index contributed by atoms with van der Waals surface area (Å²) in [5.74, 6) is -2.22. The number of carbonyl (C=O) groups is 3. The number of carboxylic acids is 1. The average molecular weight is 396 g/mol. The monoisotopic (exact) mass is 396 g/mol. The van der Waals surface area contributed by atoms with Crippen LogP contribution in [0.1, 0.15) is 21.6 Å². The Bertz CT molecular complexity index is 1120. The van der Waals surface area contributed by atoms with Gasteiger partial charge in [0.2, 0.25) is 0 Å². The molecule has 0 radical (unpaired) electrons. The van der Waals surface area contributed by atoms with Crippen LogP contribution in [0.2, 0.25) is 0 Å². The van der Waals surface area contributed by atoms with Crippen molar-refractivity contribution in [3.63, 3.8) is 0 Å². The van der Waals surface area contributed by atoms with E-state index < -0.39 is 24.3 Å². The van der Waals surface area contributed by atoms with E-state index in [9.17, 15) is 14.4 Å². The third-order valence-electron chi connectivity index (χ3n) is 4.59. The van der Waals surface area contributed by atoms with Crippen molar-refractivity contribution in [2.45, 2.75) is 13.5 Å². The number of nitrogens with two attached hydrogens (primary N) is 1. The summed E-state index contributed by atoms with van der Waals surface area (Å²) in [6, 6.07) is 12.5. The normalized spacial score (nSPS) is 10.7. The Morgan fingerprint density at radius 3 is 2.52 bits per heavy atom. The third-order valence-corrected chi connectivity index (χ3v) is 4.59. The van der Waals surface area contributed by atoms with Gasteiger partial charge < -0.3 is 24.9 Å². The zero-order valence-electron chi connectivity index (χ0n) is 16.0. The number of nitrogens with zero attached hydrogens (tertiary/aromatic N) is 1. The van der Waals surface area contributed by atoms with E-state index in [2.05, 4.69) is 0 Å². The summed E-state index contributed by atoms with van der Waals surface area (Å²) < 4.78 is 12.5. The highest BCUT2D eigenvalue weighted by molar-refractivity contribution is 6.45. The number of aromatic nitrogens is 1. The lowest BCUT2D eigenvalue weighted by Crippen LogP contribution is -2.24. The van der Waals surface area contributed by atoms with Crippen molar-refractivity contribution < 1.29 is 29.0 Å². The van der Waals surface area contributed by atoms with Crippen LogP contribution in [0.15, 0.2) is 42.5 Å². The first-order valence-corrected chi connectivity index (χ1v) is 8.77. The smallest absolute Gasteiger partial charge is 0.341 e. The predicted octanol–water partition coefficient (Wildman–Crippen LogP) is 2.14. The topological polar surface area (TPSA) is 121 Å². The number of fused-ring (bicyclic) bond motifs is 1. The van der Waals surface area contributed by atoms with Crippen LogP contribution in [-0.4, -0.2) is 41.1 Å². The average Bonchev–Trinajstić information content (AvgIpc) is 2.98. The summed E-state index contributed by atoms with van der Waals surface area (Å²) in [5, 5.41) is 9.29. The van der Waals surface area contributed by atoms with Crippen LogP contribution >= 0.6 is 0 Å². The second-order valence-electron chi connectivity index (χ2n) is 6.42. The summed E-state index contributed by atoms with van der Waals surface area (Å²) in [6.45, 7) is 1.52. The molecule has 0 atom stereocenters. The number of primary amides is 1. The largest absolute Gasteiger partial charge is 0.497 e. The molecule has 0 aliphatic carbocycles. The van der Waals surface area contributed by atoms with Gasteiger partial charge in [0.15, 0.2) is 6.61 Å². The fraction of sp³-hybridized carbons (Fsp3) is 0.190. The number of rotatable bonds is 8. The van der Waals surface area contributed by atoms with E-state index in [4.69, 9.17) is 20.3 Å². The van der Waals surface area contributed by atoms with E-state index in [1.54, 1.807) is 32.2 Å². The minimum absolute atomic E-state index is 0.108. The summed E-state index contributed by atoms with van der Waals surface area (Å²) in [7, 11) is 1.57. The molecular weight excluding hydrogens is 376 g/mol. The standard InChI is InChI=1S/C21H20N2O6/c1-12-18(20(26)21(22)27)19-15(7-4-8-16(19)29-11-17(24)25)23(12)10-13-5-3-6-14(9-13)28-2/h3-9H,10-11H2,1-2H3,(H2,22,27)(H,24,25). The van der Waals surface area contributed by atoms with Gasteiger partial charge in [-0.1, -0.05) is 18.2 Å². The molecule has 8 heteroatoms. The molecule has 0 unspecified atom stereocenters. The number of aliphatic carboxylic acids is 1. The SMILES string of the molecule is COc1cccc(Cn2c(C)c(C(=O)C(N)=O)c3c(OCC(=O)O)cccc32)c1. The number of Topliss-reactive ketones (excluding diaryl/α,β-unsaturated/α-hetero) is 1. The van der Waals surface area contributed by atoms with E-state index in [0.717, 1.165) is 5.56 Å². The zero-order chi connectivity index (χ0) is 21.1. The maximum absolute atomic E-state index is 12.6. The maximum atomic E-state index is 12.6. The lowest BCUT2D eigenvalue weighted by molar-refractivity contribution is -0.139. The molecule has 1 aromatic heterocycles. The van der Waals surface area contributed by atoms with Gasteiger partial charge in [0, 0.05) is 12.2 Å². The Morgan fingerprint density at radius 2 is 1.86 bits per heavy atom. The Labute approximate surface area is 166 Å². The molecule has 3 aromatic rings. The molecule has 0 spiro atoms. The van der Waals surface area contributed by atoms with Crippen LogP contribution in [0.5, 0.6) is 11.5 Å². The molecular formula is C21H20N2O6. The van der Waals surface area contributed by atoms with Crippen molar-refractivity contribution in [3.05, 3.63) is 59.3 Å². The Kier molecular flexibility index (Phi) is 5.54. The minimum Gasteiger partial charge on any atom is -0.497 e. The van der Waals surface area contributed by atoms with Gasteiger partial charge in [0.25, 0.3) is 11.7 Å². The fourth-order valence-corrected chi connectivity index (χ4v) is 3.31. The summed E-state index contributed by atoms with van der Waals surface area (Å²) >= 11 is 0. The maximum Gasteiger partial charge on any atom is 0.341 e. The van der Waals surface area contributed by atoms with E-state index in [1.165, 1.54) is 0 Å². The van der Waals surface area contributed by atoms with Gasteiger partial charge in [-0.05, 0) is 36.8 Å². The van der Waals surface area contributed by atoms with Crippen molar-refractivity contribution in [2.75, 3.05) is 13.7 Å². The number of carbonyl (C=O) groups excluding carboxylic acids is 2.